The van der Waals surface area contributed by atoms with Crippen LogP contribution in [0.5, 0.6) is 11.8 Å². The molecular weight excluding hydrogens is 378 g/mol. The zero-order chi connectivity index (χ0) is 20.1. The Morgan fingerprint density at radius 1 is 1.19 bits per heavy atom. The molecule has 0 spiro atoms. The lowest BCUT2D eigenvalue weighted by atomic mass is 10.0. The quantitative estimate of drug-likeness (QED) is 0.533. The lowest BCUT2D eigenvalue weighted by molar-refractivity contribution is -0.387. The summed E-state index contributed by atoms with van der Waals surface area (Å²) in [7, 11) is 2.78. The predicted molar refractivity (Wildman–Crippen MR) is 97.2 cm³/mol. The van der Waals surface area contributed by atoms with Crippen LogP contribution in [0.2, 0.25) is 5.02 Å². The van der Waals surface area contributed by atoms with E-state index in [0.29, 0.717) is 0 Å². The van der Waals surface area contributed by atoms with Gasteiger partial charge in [-0.1, -0.05) is 11.6 Å². The summed E-state index contributed by atoms with van der Waals surface area (Å²) in [4.78, 5) is 19.2. The second-order valence-corrected chi connectivity index (χ2v) is 6.27. The summed E-state index contributed by atoms with van der Waals surface area (Å²) >= 11 is 6.11. The molecule has 9 nitrogen and oxygen atoms in total. The van der Waals surface area contributed by atoms with Gasteiger partial charge in [-0.05, 0) is 26.0 Å². The van der Waals surface area contributed by atoms with E-state index in [2.05, 4.69) is 9.97 Å². The summed E-state index contributed by atoms with van der Waals surface area (Å²) in [5.41, 5.74) is -0.117. The number of halogens is 1. The standard InChI is InChI=1S/C17H20ClN3O6/c1-9(2)27-8-10-5-11(18)6-12(15(10)21(23)24)16(22)17-19-13(25-3)7-14(20-17)26-4/h5-7,9,16,22H,8H2,1-4H3. The van der Waals surface area contributed by atoms with Gasteiger partial charge >= 0.3 is 0 Å². The van der Waals surface area contributed by atoms with E-state index in [-0.39, 0.29) is 52.1 Å². The van der Waals surface area contributed by atoms with Crippen molar-refractivity contribution < 1.29 is 24.2 Å². The number of methoxy groups -OCH3 is 2. The highest BCUT2D eigenvalue weighted by atomic mass is 35.5. The monoisotopic (exact) mass is 397 g/mol. The zero-order valence-electron chi connectivity index (χ0n) is 15.3. The van der Waals surface area contributed by atoms with Crippen LogP contribution in [-0.4, -0.2) is 40.3 Å². The van der Waals surface area contributed by atoms with Crippen molar-refractivity contribution in [2.75, 3.05) is 14.2 Å². The minimum atomic E-state index is -1.52. The van der Waals surface area contributed by atoms with Gasteiger partial charge in [-0.15, -0.1) is 0 Å². The number of nitro benzene ring substituents is 1. The number of hydrogen-bond donors (Lipinski definition) is 1. The molecule has 1 aromatic heterocycles. The zero-order valence-corrected chi connectivity index (χ0v) is 16.1. The molecule has 1 aromatic carbocycles. The first-order valence-corrected chi connectivity index (χ1v) is 8.38. The molecule has 0 aliphatic rings. The SMILES string of the molecule is COc1cc(OC)nc(C(O)c2cc(Cl)cc(COC(C)C)c2[N+](=O)[O-])n1. The third-order valence-corrected chi connectivity index (χ3v) is 3.81. The van der Waals surface area contributed by atoms with Crippen LogP contribution >= 0.6 is 11.6 Å². The summed E-state index contributed by atoms with van der Waals surface area (Å²) in [5.74, 6) is 0.167. The number of nitro groups is 1. The fourth-order valence-electron chi connectivity index (χ4n) is 2.37. The van der Waals surface area contributed by atoms with Crippen molar-refractivity contribution in [1.29, 1.82) is 0 Å². The number of aliphatic hydroxyl groups is 1. The molecule has 0 saturated carbocycles. The van der Waals surface area contributed by atoms with Gasteiger partial charge in [0.25, 0.3) is 5.69 Å². The Morgan fingerprint density at radius 3 is 2.26 bits per heavy atom. The largest absolute Gasteiger partial charge is 0.481 e. The van der Waals surface area contributed by atoms with E-state index in [4.69, 9.17) is 25.8 Å². The third kappa shape index (κ3) is 5.03. The van der Waals surface area contributed by atoms with E-state index in [1.165, 1.54) is 32.4 Å². The average molecular weight is 398 g/mol. The van der Waals surface area contributed by atoms with Crippen molar-refractivity contribution in [2.24, 2.45) is 0 Å². The number of aliphatic hydroxyl groups excluding tert-OH is 1. The van der Waals surface area contributed by atoms with Gasteiger partial charge in [-0.2, -0.15) is 9.97 Å². The first kappa shape index (κ1) is 20.8. The average Bonchev–Trinajstić information content (AvgIpc) is 2.64. The van der Waals surface area contributed by atoms with Crippen molar-refractivity contribution in [2.45, 2.75) is 32.7 Å². The molecule has 2 aromatic rings. The molecule has 0 amide bonds. The maximum Gasteiger partial charge on any atom is 0.281 e. The number of ether oxygens (including phenoxy) is 3. The maximum atomic E-state index is 11.7. The van der Waals surface area contributed by atoms with E-state index in [9.17, 15) is 15.2 Å². The van der Waals surface area contributed by atoms with Crippen molar-refractivity contribution in [3.8, 4) is 11.8 Å². The van der Waals surface area contributed by atoms with Crippen LogP contribution in [0.15, 0.2) is 18.2 Å². The van der Waals surface area contributed by atoms with Crippen LogP contribution < -0.4 is 9.47 Å². The predicted octanol–water partition coefficient (Wildman–Crippen LogP) is 3.06. The Balaban J connectivity index is 2.58. The van der Waals surface area contributed by atoms with Crippen LogP contribution in [-0.2, 0) is 11.3 Å². The van der Waals surface area contributed by atoms with Gasteiger partial charge in [0.1, 0.15) is 6.10 Å². The Kier molecular flexibility index (Phi) is 6.89. The number of nitrogens with zero attached hydrogens (tertiary/aromatic N) is 3. The third-order valence-electron chi connectivity index (χ3n) is 3.59. The van der Waals surface area contributed by atoms with E-state index in [0.717, 1.165) is 0 Å². The molecule has 1 unspecified atom stereocenters. The lowest BCUT2D eigenvalue weighted by Crippen LogP contribution is -2.12. The van der Waals surface area contributed by atoms with Gasteiger partial charge in [0.2, 0.25) is 11.8 Å². The molecule has 146 valence electrons. The van der Waals surface area contributed by atoms with Crippen LogP contribution in [0.25, 0.3) is 0 Å². The molecule has 0 bridgehead atoms. The Hall–Kier alpha value is -2.49. The van der Waals surface area contributed by atoms with Crippen molar-refractivity contribution >= 4 is 17.3 Å². The molecule has 0 radical (unpaired) electrons. The van der Waals surface area contributed by atoms with E-state index >= 15 is 0 Å². The second-order valence-electron chi connectivity index (χ2n) is 5.83. The highest BCUT2D eigenvalue weighted by molar-refractivity contribution is 6.30. The minimum absolute atomic E-state index is 0.0312. The van der Waals surface area contributed by atoms with Crippen LogP contribution in [0, 0.1) is 10.1 Å². The molecule has 0 fully saturated rings. The Morgan fingerprint density at radius 2 is 1.78 bits per heavy atom. The minimum Gasteiger partial charge on any atom is -0.481 e. The fourth-order valence-corrected chi connectivity index (χ4v) is 2.62. The first-order valence-electron chi connectivity index (χ1n) is 8.00. The molecule has 0 saturated heterocycles. The molecule has 0 aliphatic carbocycles. The van der Waals surface area contributed by atoms with Crippen molar-refractivity contribution in [3.63, 3.8) is 0 Å². The fraction of sp³-hybridized carbons (Fsp3) is 0.412. The van der Waals surface area contributed by atoms with E-state index < -0.39 is 11.0 Å². The Labute approximate surface area is 161 Å². The number of rotatable bonds is 8. The van der Waals surface area contributed by atoms with Gasteiger partial charge in [0.05, 0.1) is 49.0 Å². The molecule has 10 heteroatoms. The van der Waals surface area contributed by atoms with Crippen LogP contribution in [0.4, 0.5) is 5.69 Å². The van der Waals surface area contributed by atoms with Gasteiger partial charge in [0, 0.05) is 5.02 Å². The topological polar surface area (TPSA) is 117 Å². The molecule has 1 heterocycles. The molecule has 1 N–H and O–H groups in total. The van der Waals surface area contributed by atoms with E-state index in [1.807, 2.05) is 13.8 Å². The number of aromatic nitrogens is 2. The molecule has 1 atom stereocenters. The highest BCUT2D eigenvalue weighted by Crippen LogP contribution is 2.36. The summed E-state index contributed by atoms with van der Waals surface area (Å²) in [5, 5.41) is 22.6. The second kappa shape index (κ2) is 8.94. The van der Waals surface area contributed by atoms with E-state index in [1.54, 1.807) is 0 Å². The first-order chi connectivity index (χ1) is 12.8. The highest BCUT2D eigenvalue weighted by Gasteiger charge is 2.29. The summed E-state index contributed by atoms with van der Waals surface area (Å²) < 4.78 is 15.6. The van der Waals surface area contributed by atoms with Gasteiger partial charge in [0.15, 0.2) is 5.82 Å². The lowest BCUT2D eigenvalue weighted by Gasteiger charge is -2.15. The van der Waals surface area contributed by atoms with Crippen LogP contribution in [0.1, 0.15) is 36.9 Å². The van der Waals surface area contributed by atoms with Crippen LogP contribution in [0.3, 0.4) is 0 Å². The summed E-state index contributed by atoms with van der Waals surface area (Å²) in [6, 6.07) is 4.16. The van der Waals surface area contributed by atoms with Gasteiger partial charge in [-0.3, -0.25) is 10.1 Å². The summed E-state index contributed by atoms with van der Waals surface area (Å²) in [6.07, 6.45) is -1.66. The number of hydrogen-bond acceptors (Lipinski definition) is 8. The van der Waals surface area contributed by atoms with Gasteiger partial charge in [-0.25, -0.2) is 0 Å². The maximum absolute atomic E-state index is 11.7. The van der Waals surface area contributed by atoms with Crippen molar-refractivity contribution in [1.82, 2.24) is 9.97 Å². The smallest absolute Gasteiger partial charge is 0.281 e. The molecule has 27 heavy (non-hydrogen) atoms. The molecular formula is C17H20ClN3O6. The van der Waals surface area contributed by atoms with Gasteiger partial charge < -0.3 is 19.3 Å². The van der Waals surface area contributed by atoms with Crippen molar-refractivity contribution in [3.05, 3.63) is 50.3 Å². The summed E-state index contributed by atoms with van der Waals surface area (Å²) in [6.45, 7) is 3.58. The molecule has 0 aliphatic heterocycles. The normalized spacial score (nSPS) is 12.1. The molecule has 2 rings (SSSR count). The Bertz CT molecular complexity index is 808. The number of benzene rings is 1.